The fourth-order valence-corrected chi connectivity index (χ4v) is 3.43. The van der Waals surface area contributed by atoms with Crippen LogP contribution in [-0.4, -0.2) is 44.7 Å². The van der Waals surface area contributed by atoms with E-state index in [9.17, 15) is 27.2 Å². The van der Waals surface area contributed by atoms with Gasteiger partial charge in [-0.25, -0.2) is 23.7 Å². The van der Waals surface area contributed by atoms with Crippen LogP contribution in [0.5, 0.6) is 0 Å². The lowest BCUT2D eigenvalue weighted by molar-refractivity contribution is -0.137. The van der Waals surface area contributed by atoms with Crippen LogP contribution in [0.4, 0.5) is 39.7 Å². The van der Waals surface area contributed by atoms with Crippen LogP contribution >= 0.6 is 0 Å². The summed E-state index contributed by atoms with van der Waals surface area (Å²) in [6.45, 7) is -0.917. The number of nitrogens with zero attached hydrogens (tertiary/aromatic N) is 4. The van der Waals surface area contributed by atoms with E-state index >= 15 is 0 Å². The number of pyridine rings is 1. The van der Waals surface area contributed by atoms with Crippen molar-refractivity contribution in [3.8, 4) is 11.1 Å². The number of nitrogens with one attached hydrogen (secondary N) is 3. The fourth-order valence-electron chi connectivity index (χ4n) is 3.43. The second-order valence-corrected chi connectivity index (χ2v) is 7.39. The van der Waals surface area contributed by atoms with Crippen molar-refractivity contribution in [2.75, 3.05) is 29.6 Å². The molecular weight excluding hydrogens is 484 g/mol. The Kier molecular flexibility index (Phi) is 6.67. The van der Waals surface area contributed by atoms with Gasteiger partial charge in [-0.3, -0.25) is 10.1 Å². The lowest BCUT2D eigenvalue weighted by Gasteiger charge is -2.11. The summed E-state index contributed by atoms with van der Waals surface area (Å²) in [4.78, 5) is 32.6. The van der Waals surface area contributed by atoms with Gasteiger partial charge in [0.2, 0.25) is 0 Å². The molecule has 3 heterocycles. The van der Waals surface area contributed by atoms with E-state index in [4.69, 9.17) is 5.73 Å². The predicted octanol–water partition coefficient (Wildman–Crippen LogP) is 3.74. The molecule has 0 aliphatic rings. The zero-order chi connectivity index (χ0) is 25.9. The highest BCUT2D eigenvalue weighted by atomic mass is 19.4. The molecule has 1 aromatic carbocycles. The molecule has 4 rings (SSSR count). The molecule has 0 saturated carbocycles. The number of anilines is 3. The summed E-state index contributed by atoms with van der Waals surface area (Å²) in [6, 6.07) is 6.90. The van der Waals surface area contributed by atoms with Crippen molar-refractivity contribution in [1.82, 2.24) is 24.9 Å². The number of amides is 3. The Bertz CT molecular complexity index is 1420. The first-order valence-corrected chi connectivity index (χ1v) is 10.3. The number of nitrogens with two attached hydrogens (primary N) is 1. The number of carbonyl (C=O) groups is 2. The minimum Gasteiger partial charge on any atom is -0.382 e. The van der Waals surface area contributed by atoms with Gasteiger partial charge >= 0.3 is 12.2 Å². The van der Waals surface area contributed by atoms with Gasteiger partial charge in [-0.1, -0.05) is 12.1 Å². The highest BCUT2D eigenvalue weighted by Crippen LogP contribution is 2.33. The van der Waals surface area contributed by atoms with Crippen molar-refractivity contribution >= 4 is 34.8 Å². The molecule has 0 saturated heterocycles. The van der Waals surface area contributed by atoms with Gasteiger partial charge in [-0.15, -0.1) is 0 Å². The first kappa shape index (κ1) is 24.4. The maximum Gasteiger partial charge on any atom is 0.416 e. The van der Waals surface area contributed by atoms with Gasteiger partial charge in [-0.2, -0.15) is 18.3 Å². The van der Waals surface area contributed by atoms with Crippen LogP contribution in [0.25, 0.3) is 16.6 Å². The largest absolute Gasteiger partial charge is 0.416 e. The third kappa shape index (κ3) is 5.16. The van der Waals surface area contributed by atoms with Crippen LogP contribution in [0, 0.1) is 0 Å². The molecule has 4 aromatic rings. The van der Waals surface area contributed by atoms with Crippen molar-refractivity contribution in [2.24, 2.45) is 0 Å². The number of urea groups is 1. The van der Waals surface area contributed by atoms with E-state index in [1.54, 1.807) is 12.1 Å². The van der Waals surface area contributed by atoms with Crippen molar-refractivity contribution < 1.29 is 27.2 Å². The second kappa shape index (κ2) is 9.85. The summed E-state index contributed by atoms with van der Waals surface area (Å²) in [5.41, 5.74) is 6.83. The summed E-state index contributed by atoms with van der Waals surface area (Å²) in [5, 5.41) is 11.2. The Morgan fingerprint density at radius 1 is 1.06 bits per heavy atom. The number of alkyl halides is 4. The Hall–Kier alpha value is -4.75. The van der Waals surface area contributed by atoms with Gasteiger partial charge in [0.15, 0.2) is 5.82 Å². The zero-order valence-electron chi connectivity index (χ0n) is 18.3. The Labute approximate surface area is 200 Å². The third-order valence-electron chi connectivity index (χ3n) is 4.99. The van der Waals surface area contributed by atoms with Gasteiger partial charge in [-0.05, 0) is 29.8 Å². The molecule has 14 heteroatoms. The average Bonchev–Trinajstić information content (AvgIpc) is 3.24. The number of halogens is 4. The van der Waals surface area contributed by atoms with Gasteiger partial charge in [0.25, 0.3) is 5.91 Å². The third-order valence-corrected chi connectivity index (χ3v) is 4.99. The number of fused-ring (bicyclic) bond motifs is 1. The molecule has 0 bridgehead atoms. The summed E-state index contributed by atoms with van der Waals surface area (Å²) < 4.78 is 52.5. The SMILES string of the molecule is Nc1ncnn2cc(C(=O)NCCF)c(-c3ccc(NC(=O)Nc4cc(C(F)(F)F)ccn4)cc3)c12. The number of benzene rings is 1. The quantitative estimate of drug-likeness (QED) is 0.296. The Morgan fingerprint density at radius 2 is 1.81 bits per heavy atom. The molecule has 10 nitrogen and oxygen atoms in total. The van der Waals surface area contributed by atoms with Crippen LogP contribution in [0.1, 0.15) is 15.9 Å². The molecule has 0 aliphatic heterocycles. The van der Waals surface area contributed by atoms with Crippen LogP contribution in [0.3, 0.4) is 0 Å². The first-order valence-electron chi connectivity index (χ1n) is 10.3. The van der Waals surface area contributed by atoms with Crippen molar-refractivity contribution in [2.45, 2.75) is 6.18 Å². The van der Waals surface area contributed by atoms with Crippen LogP contribution < -0.4 is 21.7 Å². The smallest absolute Gasteiger partial charge is 0.382 e. The molecule has 36 heavy (non-hydrogen) atoms. The summed E-state index contributed by atoms with van der Waals surface area (Å²) in [5.74, 6) is -0.707. The molecular formula is C22H18F4N8O2. The molecule has 0 fully saturated rings. The summed E-state index contributed by atoms with van der Waals surface area (Å²) in [6.07, 6.45) is -0.977. The molecule has 0 radical (unpaired) electrons. The number of hydrogen-bond donors (Lipinski definition) is 4. The molecule has 3 amide bonds. The van der Waals surface area contributed by atoms with Crippen LogP contribution in [-0.2, 0) is 6.18 Å². The molecule has 186 valence electrons. The second-order valence-electron chi connectivity index (χ2n) is 7.39. The monoisotopic (exact) mass is 502 g/mol. The van der Waals surface area contributed by atoms with Crippen molar-refractivity contribution in [3.05, 3.63) is 66.2 Å². The van der Waals surface area contributed by atoms with E-state index in [0.29, 0.717) is 28.4 Å². The Morgan fingerprint density at radius 3 is 2.50 bits per heavy atom. The number of carbonyl (C=O) groups excluding carboxylic acids is 2. The molecule has 0 aliphatic carbocycles. The molecule has 0 atom stereocenters. The lowest BCUT2D eigenvalue weighted by atomic mass is 10.0. The topological polar surface area (TPSA) is 139 Å². The predicted molar refractivity (Wildman–Crippen MR) is 123 cm³/mol. The van der Waals surface area contributed by atoms with Crippen LogP contribution in [0.15, 0.2) is 55.1 Å². The van der Waals surface area contributed by atoms with E-state index in [1.165, 1.54) is 29.2 Å². The summed E-state index contributed by atoms with van der Waals surface area (Å²) in [7, 11) is 0. The normalized spacial score (nSPS) is 11.3. The maximum absolute atomic E-state index is 12.9. The lowest BCUT2D eigenvalue weighted by Crippen LogP contribution is -2.25. The van der Waals surface area contributed by atoms with E-state index in [0.717, 1.165) is 12.3 Å². The number of hydrogen-bond acceptors (Lipinski definition) is 6. The minimum atomic E-state index is -4.58. The van der Waals surface area contributed by atoms with E-state index in [2.05, 4.69) is 31.0 Å². The Balaban J connectivity index is 1.57. The highest BCUT2D eigenvalue weighted by molar-refractivity contribution is 6.07. The summed E-state index contributed by atoms with van der Waals surface area (Å²) >= 11 is 0. The fraction of sp³-hybridized carbons (Fsp3) is 0.136. The van der Waals surface area contributed by atoms with Crippen molar-refractivity contribution in [3.63, 3.8) is 0 Å². The highest BCUT2D eigenvalue weighted by Gasteiger charge is 2.31. The minimum absolute atomic E-state index is 0.111. The molecule has 0 spiro atoms. The van der Waals surface area contributed by atoms with Gasteiger partial charge in [0.1, 0.15) is 24.3 Å². The van der Waals surface area contributed by atoms with Crippen molar-refractivity contribution in [1.29, 1.82) is 0 Å². The molecule has 5 N–H and O–H groups in total. The van der Waals surface area contributed by atoms with E-state index < -0.39 is 30.4 Å². The van der Waals surface area contributed by atoms with Gasteiger partial charge in [0, 0.05) is 30.2 Å². The number of aromatic nitrogens is 4. The maximum atomic E-state index is 12.9. The average molecular weight is 502 g/mol. The molecule has 0 unspecified atom stereocenters. The van der Waals surface area contributed by atoms with Gasteiger partial charge in [0.05, 0.1) is 11.1 Å². The number of rotatable bonds is 6. The van der Waals surface area contributed by atoms with E-state index in [1.807, 2.05) is 0 Å². The van der Waals surface area contributed by atoms with Crippen LogP contribution in [0.2, 0.25) is 0 Å². The van der Waals surface area contributed by atoms with E-state index in [-0.39, 0.29) is 23.7 Å². The first-order chi connectivity index (χ1) is 17.2. The van der Waals surface area contributed by atoms with Gasteiger partial charge < -0.3 is 16.4 Å². The standard InChI is InChI=1S/C22H18F4N8O2/c23-6-8-29-20(35)15-10-34-18(19(27)30-11-31-34)17(15)12-1-3-14(4-2-12)32-21(36)33-16-9-13(5-7-28-16)22(24,25)26/h1-5,7,9-11H,6,8H2,(H,29,35)(H2,27,30,31)(H2,28,32,33,36). The number of nitrogen functional groups attached to an aromatic ring is 1. The zero-order valence-corrected chi connectivity index (χ0v) is 18.3. The molecule has 3 aromatic heterocycles.